The monoisotopic (exact) mass is 578 g/mol. The molecule has 1 aliphatic carbocycles. The summed E-state index contributed by atoms with van der Waals surface area (Å²) in [6, 6.07) is 25.4. The van der Waals surface area contributed by atoms with Crippen molar-refractivity contribution in [1.82, 2.24) is 19.9 Å². The molecule has 210 valence electrons. The Bertz CT molecular complexity index is 1470. The summed E-state index contributed by atoms with van der Waals surface area (Å²) in [5.41, 5.74) is 6.38. The van der Waals surface area contributed by atoms with Crippen LogP contribution in [0.15, 0.2) is 115 Å². The van der Waals surface area contributed by atoms with E-state index in [0.717, 1.165) is 6.16 Å². The molecule has 0 saturated carbocycles. The van der Waals surface area contributed by atoms with Crippen LogP contribution in [0.2, 0.25) is 0 Å². The molecule has 0 aliphatic heterocycles. The molecule has 1 aliphatic rings. The minimum Gasteiger partial charge on any atom is -0.240 e. The fourth-order valence-corrected chi connectivity index (χ4v) is 10.3. The van der Waals surface area contributed by atoms with E-state index in [1.165, 1.54) is 27.8 Å². The van der Waals surface area contributed by atoms with Crippen molar-refractivity contribution >= 4 is 22.7 Å². The van der Waals surface area contributed by atoms with Gasteiger partial charge in [0, 0.05) is 30.7 Å². The maximum absolute atomic E-state index is 4.81. The molecule has 2 atom stereocenters. The predicted octanol–water partition coefficient (Wildman–Crippen LogP) is 8.64. The average molecular weight is 579 g/mol. The highest BCUT2D eigenvalue weighted by Gasteiger charge is 2.46. The Kier molecular flexibility index (Phi) is 8.38. The van der Waals surface area contributed by atoms with Crippen LogP contribution >= 0.6 is 17.2 Å². The van der Waals surface area contributed by atoms with Gasteiger partial charge in [-0.25, -0.2) is 19.9 Å². The number of hydrogen-bond acceptors (Lipinski definition) is 4. The topological polar surface area (TPSA) is 51.6 Å². The molecule has 2 heterocycles. The van der Waals surface area contributed by atoms with Crippen molar-refractivity contribution in [3.8, 4) is 0 Å². The van der Waals surface area contributed by atoms with Crippen LogP contribution in [-0.4, -0.2) is 36.4 Å². The molecule has 0 amide bonds. The fourth-order valence-electron chi connectivity index (χ4n) is 6.12. The molecule has 0 radical (unpaired) electrons. The molecule has 2 aromatic carbocycles. The van der Waals surface area contributed by atoms with Crippen LogP contribution in [0, 0.1) is 0 Å². The number of aromatic nitrogens is 4. The Hall–Kier alpha value is -3.06. The lowest BCUT2D eigenvalue weighted by atomic mass is 9.84. The van der Waals surface area contributed by atoms with Crippen LogP contribution in [0.4, 0.5) is 0 Å². The third-order valence-corrected chi connectivity index (χ3v) is 12.5. The lowest BCUT2D eigenvalue weighted by molar-refractivity contribution is 0.700. The zero-order valence-electron chi connectivity index (χ0n) is 24.9. The van der Waals surface area contributed by atoms with E-state index < -0.39 is 13.1 Å². The largest absolute Gasteiger partial charge is 0.240 e. The van der Waals surface area contributed by atoms with Crippen molar-refractivity contribution in [2.75, 3.05) is 6.16 Å². The van der Waals surface area contributed by atoms with Gasteiger partial charge in [0.15, 0.2) is 0 Å². The SMILES string of the molecule is CC(C)(C)P(CC1=C(C(P)(c2ncccn2)c2ncccn2)C=C(c2ccccc2)C1c1ccccc1)C(C)(C)C. The molecule has 2 aromatic heterocycles. The summed E-state index contributed by atoms with van der Waals surface area (Å²) in [5, 5.41) is -0.519. The first-order valence-corrected chi connectivity index (χ1v) is 16.3. The maximum atomic E-state index is 4.81. The van der Waals surface area contributed by atoms with Gasteiger partial charge in [-0.05, 0) is 56.5 Å². The molecule has 4 nitrogen and oxygen atoms in total. The maximum Gasteiger partial charge on any atom is 0.150 e. The first-order valence-electron chi connectivity index (χ1n) is 14.2. The Morgan fingerprint density at radius 2 is 1.12 bits per heavy atom. The minimum atomic E-state index is -0.821. The second kappa shape index (κ2) is 11.7. The lowest BCUT2D eigenvalue weighted by Gasteiger charge is -2.43. The molecule has 0 spiro atoms. The zero-order valence-corrected chi connectivity index (χ0v) is 27.0. The van der Waals surface area contributed by atoms with Crippen LogP contribution < -0.4 is 0 Å². The summed E-state index contributed by atoms with van der Waals surface area (Å²) in [6.45, 7) is 14.4. The van der Waals surface area contributed by atoms with Crippen molar-refractivity contribution in [1.29, 1.82) is 0 Å². The third-order valence-electron chi connectivity index (χ3n) is 7.76. The van der Waals surface area contributed by atoms with Crippen LogP contribution in [0.5, 0.6) is 0 Å². The van der Waals surface area contributed by atoms with Gasteiger partial charge in [0.25, 0.3) is 0 Å². The number of rotatable bonds is 7. The van der Waals surface area contributed by atoms with Gasteiger partial charge in [0.05, 0.1) is 0 Å². The number of allylic oxidation sites excluding steroid dienone is 4. The molecule has 4 aromatic rings. The van der Waals surface area contributed by atoms with Gasteiger partial charge in [0.1, 0.15) is 16.8 Å². The molecular formula is C35H40N4P2. The van der Waals surface area contributed by atoms with E-state index in [4.69, 9.17) is 19.9 Å². The summed E-state index contributed by atoms with van der Waals surface area (Å²) in [4.78, 5) is 19.2. The van der Waals surface area contributed by atoms with Gasteiger partial charge in [-0.3, -0.25) is 0 Å². The highest BCUT2D eigenvalue weighted by atomic mass is 31.1. The average Bonchev–Trinajstić information content (AvgIpc) is 3.36. The second-order valence-corrected chi connectivity index (χ2v) is 17.4. The van der Waals surface area contributed by atoms with Crippen molar-refractivity contribution in [3.63, 3.8) is 0 Å². The van der Waals surface area contributed by atoms with Crippen LogP contribution in [0.25, 0.3) is 5.57 Å². The summed E-state index contributed by atoms with van der Waals surface area (Å²) >= 11 is 0. The smallest absolute Gasteiger partial charge is 0.150 e. The van der Waals surface area contributed by atoms with Crippen molar-refractivity contribution < 1.29 is 0 Å². The van der Waals surface area contributed by atoms with Gasteiger partial charge in [-0.15, -0.1) is 9.24 Å². The quantitative estimate of drug-likeness (QED) is 0.206. The Labute approximate surface area is 248 Å². The second-order valence-electron chi connectivity index (χ2n) is 12.6. The van der Waals surface area contributed by atoms with Gasteiger partial charge in [-0.2, -0.15) is 0 Å². The predicted molar refractivity (Wildman–Crippen MR) is 176 cm³/mol. The van der Waals surface area contributed by atoms with Crippen LogP contribution in [0.1, 0.15) is 70.2 Å². The Balaban J connectivity index is 1.86. The molecule has 6 heteroatoms. The third kappa shape index (κ3) is 5.97. The van der Waals surface area contributed by atoms with E-state index in [2.05, 4.69) is 118 Å². The zero-order chi connectivity index (χ0) is 29.3. The van der Waals surface area contributed by atoms with E-state index in [9.17, 15) is 0 Å². The molecule has 0 fully saturated rings. The summed E-state index contributed by atoms with van der Waals surface area (Å²) in [7, 11) is 2.65. The minimum absolute atomic E-state index is 0.0932. The normalized spacial score (nSPS) is 16.3. The van der Waals surface area contributed by atoms with Gasteiger partial charge in [0.2, 0.25) is 0 Å². The fraction of sp³-hybridized carbons (Fsp3) is 0.314. The van der Waals surface area contributed by atoms with E-state index in [0.29, 0.717) is 11.6 Å². The van der Waals surface area contributed by atoms with Crippen LogP contribution in [-0.2, 0) is 5.16 Å². The molecule has 41 heavy (non-hydrogen) atoms. The van der Waals surface area contributed by atoms with Crippen molar-refractivity contribution in [3.05, 3.63) is 138 Å². The van der Waals surface area contributed by atoms with Crippen molar-refractivity contribution in [2.24, 2.45) is 0 Å². The molecular weight excluding hydrogens is 538 g/mol. The molecule has 5 rings (SSSR count). The first-order chi connectivity index (χ1) is 19.5. The number of nitrogens with zero attached hydrogens (tertiary/aromatic N) is 4. The standard InChI is InChI=1S/C35H40N4P2/c1-33(2,3)41(34(4,5)6)24-28-29(35(40,31-36-19-13-20-37-31)32-38-21-14-22-39-32)23-27(25-15-9-7-10-16-25)30(28)26-17-11-8-12-18-26/h7-23,30H,24,40H2,1-6H3. The summed E-state index contributed by atoms with van der Waals surface area (Å²) < 4.78 is 0. The Morgan fingerprint density at radius 3 is 1.59 bits per heavy atom. The van der Waals surface area contributed by atoms with Gasteiger partial charge < -0.3 is 0 Å². The highest BCUT2D eigenvalue weighted by Crippen LogP contribution is 2.64. The van der Waals surface area contributed by atoms with Gasteiger partial charge >= 0.3 is 0 Å². The number of hydrogen-bond donors (Lipinski definition) is 0. The van der Waals surface area contributed by atoms with Crippen LogP contribution in [0.3, 0.4) is 0 Å². The molecule has 2 unspecified atom stereocenters. The Morgan fingerprint density at radius 1 is 0.659 bits per heavy atom. The molecule has 0 bridgehead atoms. The molecule has 0 saturated heterocycles. The van der Waals surface area contributed by atoms with E-state index in [-0.39, 0.29) is 16.2 Å². The van der Waals surface area contributed by atoms with E-state index in [1.54, 1.807) is 0 Å². The first kappa shape index (κ1) is 29.4. The van der Waals surface area contributed by atoms with Crippen molar-refractivity contribution in [2.45, 2.75) is 62.9 Å². The van der Waals surface area contributed by atoms with E-state index >= 15 is 0 Å². The summed E-state index contributed by atoms with van der Waals surface area (Å²) in [6.07, 6.45) is 10.6. The van der Waals surface area contributed by atoms with Gasteiger partial charge in [-0.1, -0.05) is 116 Å². The molecule has 0 N–H and O–H groups in total. The summed E-state index contributed by atoms with van der Waals surface area (Å²) in [5.74, 6) is 1.45. The lowest BCUT2D eigenvalue weighted by Crippen LogP contribution is -2.31. The van der Waals surface area contributed by atoms with E-state index in [1.807, 2.05) is 36.9 Å². The highest BCUT2D eigenvalue weighted by molar-refractivity contribution is 7.61. The number of benzene rings is 2.